The molecule has 4 aromatic rings. The lowest BCUT2D eigenvalue weighted by Crippen LogP contribution is -2.58. The van der Waals surface area contributed by atoms with E-state index in [9.17, 15) is 5.26 Å². The number of aromatic nitrogens is 4. The second kappa shape index (κ2) is 10.3. The van der Waals surface area contributed by atoms with Crippen molar-refractivity contribution in [2.24, 2.45) is 0 Å². The Hall–Kier alpha value is -3.65. The van der Waals surface area contributed by atoms with Gasteiger partial charge in [-0.1, -0.05) is 11.6 Å². The average Bonchev–Trinajstić information content (AvgIpc) is 3.40. The number of likely N-dealkylation sites (N-methyl/N-ethyl adjacent to an activating group) is 1. The molecule has 212 valence electrons. The van der Waals surface area contributed by atoms with Crippen LogP contribution in [0.2, 0.25) is 5.02 Å². The Kier molecular flexibility index (Phi) is 6.61. The van der Waals surface area contributed by atoms with Crippen LogP contribution >= 0.6 is 11.6 Å². The minimum absolute atomic E-state index is 0.0841. The third-order valence-electron chi connectivity index (χ3n) is 8.73. The van der Waals surface area contributed by atoms with Crippen LogP contribution in [-0.4, -0.2) is 90.6 Å². The maximum atomic E-state index is 9.39. The van der Waals surface area contributed by atoms with Crippen molar-refractivity contribution in [1.82, 2.24) is 30.4 Å². The fourth-order valence-electron chi connectivity index (χ4n) is 6.37. The van der Waals surface area contributed by atoms with Crippen molar-refractivity contribution < 1.29 is 4.74 Å². The van der Waals surface area contributed by atoms with Crippen molar-refractivity contribution in [3.8, 4) is 22.9 Å². The summed E-state index contributed by atoms with van der Waals surface area (Å²) in [6.45, 7) is 6.72. The number of hydrogen-bond donors (Lipinski definition) is 2. The van der Waals surface area contributed by atoms with Gasteiger partial charge in [0.25, 0.3) is 0 Å². The Balaban J connectivity index is 1.46. The van der Waals surface area contributed by atoms with Gasteiger partial charge in [-0.3, -0.25) is 5.10 Å². The molecule has 0 amide bonds. The molecule has 2 N–H and O–H groups in total. The van der Waals surface area contributed by atoms with Crippen LogP contribution in [0, 0.1) is 18.3 Å². The van der Waals surface area contributed by atoms with Crippen molar-refractivity contribution in [3.05, 3.63) is 34.5 Å². The fraction of sp³-hybridized carbons (Fsp3) is 0.467. The standard InChI is InChI=1S/C30H34ClN9O/c1-17-11-23-22(13-34-37-23)25(27(17)31)21-12-24-26(28-20(21)5-4-10-41-28)29(39-9-8-33-18(14-39)6-7-32)36-30(35-24)40-15-19(16-40)38(2)3/h11-13,18-19,33H,4-6,8-10,14-16H2,1-3H3,(H,34,37)/t18-/m0/s1. The van der Waals surface area contributed by atoms with E-state index in [1.165, 1.54) is 0 Å². The number of nitriles is 1. The van der Waals surface area contributed by atoms with Gasteiger partial charge in [0.05, 0.1) is 46.7 Å². The van der Waals surface area contributed by atoms with Gasteiger partial charge in [-0.2, -0.15) is 15.3 Å². The van der Waals surface area contributed by atoms with E-state index in [-0.39, 0.29) is 6.04 Å². The summed E-state index contributed by atoms with van der Waals surface area (Å²) in [6, 6.07) is 7.11. The highest BCUT2D eigenvalue weighted by molar-refractivity contribution is 6.36. The van der Waals surface area contributed by atoms with E-state index in [4.69, 9.17) is 26.3 Å². The number of benzene rings is 2. The number of nitrogens with one attached hydrogen (secondary N) is 2. The number of rotatable bonds is 5. The molecule has 0 unspecified atom stereocenters. The lowest BCUT2D eigenvalue weighted by Gasteiger charge is -2.43. The van der Waals surface area contributed by atoms with E-state index in [1.807, 2.05) is 19.2 Å². The normalized spacial score (nSPS) is 19.4. The van der Waals surface area contributed by atoms with Gasteiger partial charge in [-0.25, -0.2) is 4.98 Å². The number of halogens is 1. The van der Waals surface area contributed by atoms with Crippen molar-refractivity contribution in [2.45, 2.75) is 38.3 Å². The Labute approximate surface area is 244 Å². The molecule has 2 aromatic carbocycles. The maximum Gasteiger partial charge on any atom is 0.228 e. The van der Waals surface area contributed by atoms with Gasteiger partial charge in [0.2, 0.25) is 5.95 Å². The highest BCUT2D eigenvalue weighted by Crippen LogP contribution is 2.47. The van der Waals surface area contributed by atoms with Gasteiger partial charge >= 0.3 is 0 Å². The number of aryl methyl sites for hydroxylation is 1. The topological polar surface area (TPSA) is 109 Å². The number of piperazine rings is 1. The Morgan fingerprint density at radius 3 is 2.85 bits per heavy atom. The molecule has 0 spiro atoms. The van der Waals surface area contributed by atoms with E-state index in [2.05, 4.69) is 56.4 Å². The number of ether oxygens (including phenoxy) is 1. The molecule has 2 aromatic heterocycles. The second-order valence-electron chi connectivity index (χ2n) is 11.6. The van der Waals surface area contributed by atoms with Crippen LogP contribution in [-0.2, 0) is 6.42 Å². The summed E-state index contributed by atoms with van der Waals surface area (Å²) >= 11 is 7.05. The molecular weight excluding hydrogens is 538 g/mol. The molecule has 2 fully saturated rings. The zero-order valence-corrected chi connectivity index (χ0v) is 24.4. The molecule has 5 heterocycles. The first-order valence-electron chi connectivity index (χ1n) is 14.3. The first-order chi connectivity index (χ1) is 19.9. The average molecular weight is 572 g/mol. The lowest BCUT2D eigenvalue weighted by atomic mass is 9.90. The molecule has 1 atom stereocenters. The first kappa shape index (κ1) is 26.3. The number of H-pyrrole nitrogens is 1. The van der Waals surface area contributed by atoms with Crippen molar-refractivity contribution in [3.63, 3.8) is 0 Å². The van der Waals surface area contributed by atoms with E-state index < -0.39 is 0 Å². The van der Waals surface area contributed by atoms with Crippen LogP contribution in [0.15, 0.2) is 18.3 Å². The smallest absolute Gasteiger partial charge is 0.228 e. The van der Waals surface area contributed by atoms with Crippen LogP contribution in [0.1, 0.15) is 24.0 Å². The van der Waals surface area contributed by atoms with Crippen LogP contribution in [0.4, 0.5) is 11.8 Å². The summed E-state index contributed by atoms with van der Waals surface area (Å²) in [5, 5.41) is 23.0. The van der Waals surface area contributed by atoms with Crippen LogP contribution < -0.4 is 19.9 Å². The van der Waals surface area contributed by atoms with Gasteiger partial charge in [0.1, 0.15) is 11.6 Å². The van der Waals surface area contributed by atoms with Crippen molar-refractivity contribution in [2.75, 3.05) is 63.2 Å². The number of nitrogens with zero attached hydrogens (tertiary/aromatic N) is 7. The highest BCUT2D eigenvalue weighted by atomic mass is 35.5. The lowest BCUT2D eigenvalue weighted by molar-refractivity contribution is 0.245. The minimum atomic E-state index is 0.0841. The molecule has 7 rings (SSSR count). The van der Waals surface area contributed by atoms with Gasteiger partial charge in [0.15, 0.2) is 0 Å². The van der Waals surface area contributed by atoms with Gasteiger partial charge in [-0.05, 0) is 57.1 Å². The van der Waals surface area contributed by atoms with E-state index in [1.54, 1.807) is 0 Å². The minimum Gasteiger partial charge on any atom is -0.492 e. The molecule has 3 aliphatic heterocycles. The predicted octanol–water partition coefficient (Wildman–Crippen LogP) is 3.90. The second-order valence-corrected chi connectivity index (χ2v) is 12.0. The maximum absolute atomic E-state index is 9.39. The third kappa shape index (κ3) is 4.43. The number of aromatic amines is 1. The molecule has 3 aliphatic rings. The van der Waals surface area contributed by atoms with Gasteiger partial charge in [0, 0.05) is 61.3 Å². The van der Waals surface area contributed by atoms with Crippen LogP contribution in [0.3, 0.4) is 0 Å². The Morgan fingerprint density at radius 1 is 1.20 bits per heavy atom. The predicted molar refractivity (Wildman–Crippen MR) is 162 cm³/mol. The summed E-state index contributed by atoms with van der Waals surface area (Å²) in [7, 11) is 4.23. The molecule has 10 nitrogen and oxygen atoms in total. The Morgan fingerprint density at radius 2 is 2.05 bits per heavy atom. The molecule has 2 saturated heterocycles. The molecule has 0 aliphatic carbocycles. The third-order valence-corrected chi connectivity index (χ3v) is 9.22. The number of fused-ring (bicyclic) bond motifs is 4. The quantitative estimate of drug-likeness (QED) is 0.368. The largest absolute Gasteiger partial charge is 0.492 e. The fourth-order valence-corrected chi connectivity index (χ4v) is 6.63. The monoisotopic (exact) mass is 571 g/mol. The molecule has 41 heavy (non-hydrogen) atoms. The number of hydrogen-bond acceptors (Lipinski definition) is 9. The summed E-state index contributed by atoms with van der Waals surface area (Å²) in [5.74, 6) is 2.47. The summed E-state index contributed by atoms with van der Waals surface area (Å²) in [4.78, 5) is 17.2. The summed E-state index contributed by atoms with van der Waals surface area (Å²) < 4.78 is 6.50. The summed E-state index contributed by atoms with van der Waals surface area (Å²) in [5.41, 5.74) is 5.94. The zero-order chi connectivity index (χ0) is 28.2. The van der Waals surface area contributed by atoms with Crippen LogP contribution in [0.5, 0.6) is 5.75 Å². The Bertz CT molecular complexity index is 1690. The van der Waals surface area contributed by atoms with E-state index >= 15 is 0 Å². The molecule has 0 saturated carbocycles. The van der Waals surface area contributed by atoms with E-state index in [0.717, 1.165) is 106 Å². The van der Waals surface area contributed by atoms with E-state index in [0.29, 0.717) is 25.6 Å². The van der Waals surface area contributed by atoms with Gasteiger partial charge in [-0.15, -0.1) is 0 Å². The number of anilines is 2. The highest BCUT2D eigenvalue weighted by Gasteiger charge is 2.34. The van der Waals surface area contributed by atoms with Crippen molar-refractivity contribution in [1.29, 1.82) is 5.26 Å². The van der Waals surface area contributed by atoms with Crippen molar-refractivity contribution >= 4 is 45.2 Å². The molecule has 0 bridgehead atoms. The molecule has 0 radical (unpaired) electrons. The summed E-state index contributed by atoms with van der Waals surface area (Å²) in [6.07, 6.45) is 4.11. The SMILES string of the molecule is Cc1cc2[nH]ncc2c(-c2cc3nc(N4CC(N(C)C)C4)nc(N4CCN[C@@H](CC#N)C4)c3c3c2CCCO3)c1Cl. The molecular formula is C30H34ClN9O. The first-order valence-corrected chi connectivity index (χ1v) is 14.7. The molecule has 11 heteroatoms. The van der Waals surface area contributed by atoms with Gasteiger partial charge < -0.3 is 24.8 Å². The van der Waals surface area contributed by atoms with Crippen LogP contribution in [0.25, 0.3) is 32.9 Å². The zero-order valence-electron chi connectivity index (χ0n) is 23.7.